The number of nitrogens with one attached hydrogen (secondary N) is 2. The summed E-state index contributed by atoms with van der Waals surface area (Å²) >= 11 is 1.85. The Morgan fingerprint density at radius 1 is 1.24 bits per heavy atom. The van der Waals surface area contributed by atoms with Crippen molar-refractivity contribution >= 4 is 17.3 Å². The molecule has 1 atom stereocenters. The summed E-state index contributed by atoms with van der Waals surface area (Å²) in [5.74, 6) is 1.77. The van der Waals surface area contributed by atoms with Gasteiger partial charge in [-0.2, -0.15) is 0 Å². The van der Waals surface area contributed by atoms with Gasteiger partial charge >= 0.3 is 0 Å². The first kappa shape index (κ1) is 21.8. The molecular formula is C21H32N4O3S. The average molecular weight is 421 g/mol. The summed E-state index contributed by atoms with van der Waals surface area (Å²) in [6, 6.07) is 8.60. The van der Waals surface area contributed by atoms with Crippen LogP contribution in [0.15, 0.2) is 39.9 Å². The molecule has 0 spiro atoms. The molecule has 0 saturated carbocycles. The summed E-state index contributed by atoms with van der Waals surface area (Å²) in [7, 11) is 1.70. The summed E-state index contributed by atoms with van der Waals surface area (Å²) in [6.07, 6.45) is 2.52. The third-order valence-corrected chi connectivity index (χ3v) is 5.94. The molecule has 1 aliphatic heterocycles. The third-order valence-electron chi connectivity index (χ3n) is 4.84. The SMILES string of the molecule is COCCNC(=NCC(c1ccc(C)s1)N1CCOCC1)NCCc1ccco1. The molecule has 2 aromatic heterocycles. The maximum atomic E-state index is 5.55. The fraction of sp³-hybridized carbons (Fsp3) is 0.571. The molecular weight excluding hydrogens is 388 g/mol. The fourth-order valence-electron chi connectivity index (χ4n) is 3.29. The smallest absolute Gasteiger partial charge is 0.191 e. The van der Waals surface area contributed by atoms with Crippen LogP contribution in [-0.2, 0) is 15.9 Å². The van der Waals surface area contributed by atoms with Crippen molar-refractivity contribution in [1.82, 2.24) is 15.5 Å². The Morgan fingerprint density at radius 3 is 2.76 bits per heavy atom. The van der Waals surface area contributed by atoms with Crippen molar-refractivity contribution in [3.05, 3.63) is 46.0 Å². The number of morpholine rings is 1. The van der Waals surface area contributed by atoms with E-state index in [4.69, 9.17) is 18.9 Å². The molecule has 0 aliphatic carbocycles. The van der Waals surface area contributed by atoms with E-state index >= 15 is 0 Å². The minimum absolute atomic E-state index is 0.267. The molecule has 3 heterocycles. The topological polar surface area (TPSA) is 71.3 Å². The van der Waals surface area contributed by atoms with Crippen molar-refractivity contribution in [3.8, 4) is 0 Å². The van der Waals surface area contributed by atoms with E-state index < -0.39 is 0 Å². The lowest BCUT2D eigenvalue weighted by molar-refractivity contribution is 0.0186. The Morgan fingerprint density at radius 2 is 2.07 bits per heavy atom. The van der Waals surface area contributed by atoms with Crippen LogP contribution >= 0.6 is 11.3 Å². The van der Waals surface area contributed by atoms with Crippen LogP contribution < -0.4 is 10.6 Å². The van der Waals surface area contributed by atoms with Gasteiger partial charge in [0, 0.05) is 49.5 Å². The van der Waals surface area contributed by atoms with Gasteiger partial charge in [0.1, 0.15) is 5.76 Å². The first-order valence-electron chi connectivity index (χ1n) is 10.2. The Kier molecular flexibility index (Phi) is 9.01. The largest absolute Gasteiger partial charge is 0.469 e. The van der Waals surface area contributed by atoms with Gasteiger partial charge in [0.2, 0.25) is 0 Å². The molecule has 0 amide bonds. The molecule has 1 unspecified atom stereocenters. The van der Waals surface area contributed by atoms with Gasteiger partial charge in [-0.25, -0.2) is 0 Å². The number of aryl methyl sites for hydroxylation is 1. The van der Waals surface area contributed by atoms with Gasteiger partial charge < -0.3 is 24.5 Å². The fourth-order valence-corrected chi connectivity index (χ4v) is 4.29. The van der Waals surface area contributed by atoms with E-state index in [0.29, 0.717) is 19.7 Å². The van der Waals surface area contributed by atoms with Crippen LogP contribution in [0.25, 0.3) is 0 Å². The number of furan rings is 1. The van der Waals surface area contributed by atoms with E-state index in [9.17, 15) is 0 Å². The molecule has 0 radical (unpaired) electrons. The average Bonchev–Trinajstić information content (AvgIpc) is 3.41. The number of aliphatic imine (C=N–C) groups is 1. The van der Waals surface area contributed by atoms with Gasteiger partial charge in [-0.15, -0.1) is 11.3 Å². The molecule has 2 N–H and O–H groups in total. The van der Waals surface area contributed by atoms with Gasteiger partial charge in [0.15, 0.2) is 5.96 Å². The number of methoxy groups -OCH3 is 1. The van der Waals surface area contributed by atoms with Crippen molar-refractivity contribution in [2.75, 3.05) is 59.7 Å². The second-order valence-corrected chi connectivity index (χ2v) is 8.30. The predicted molar refractivity (Wildman–Crippen MR) is 117 cm³/mol. The first-order chi connectivity index (χ1) is 14.3. The van der Waals surface area contributed by atoms with Crippen molar-refractivity contribution in [3.63, 3.8) is 0 Å². The van der Waals surface area contributed by atoms with Crippen LogP contribution in [0.3, 0.4) is 0 Å². The van der Waals surface area contributed by atoms with Crippen LogP contribution in [-0.4, -0.2) is 70.5 Å². The minimum Gasteiger partial charge on any atom is -0.469 e. The van der Waals surface area contributed by atoms with Gasteiger partial charge in [-0.05, 0) is 31.2 Å². The number of thiophene rings is 1. The second kappa shape index (κ2) is 12.0. The van der Waals surface area contributed by atoms with Crippen LogP contribution in [0.2, 0.25) is 0 Å². The summed E-state index contributed by atoms with van der Waals surface area (Å²) in [5.41, 5.74) is 0. The lowest BCUT2D eigenvalue weighted by Gasteiger charge is -2.33. The van der Waals surface area contributed by atoms with E-state index in [-0.39, 0.29) is 6.04 Å². The zero-order chi connectivity index (χ0) is 20.3. The molecule has 2 aromatic rings. The molecule has 8 heteroatoms. The van der Waals surface area contributed by atoms with E-state index in [1.165, 1.54) is 9.75 Å². The molecule has 1 saturated heterocycles. The molecule has 1 aliphatic rings. The predicted octanol–water partition coefficient (Wildman–Crippen LogP) is 2.45. The number of nitrogens with zero attached hydrogens (tertiary/aromatic N) is 2. The highest BCUT2D eigenvalue weighted by Crippen LogP contribution is 2.28. The molecule has 0 aromatic carbocycles. The Hall–Kier alpha value is -1.87. The number of hydrogen-bond acceptors (Lipinski definition) is 6. The van der Waals surface area contributed by atoms with E-state index in [0.717, 1.165) is 51.0 Å². The molecule has 3 rings (SSSR count). The maximum absolute atomic E-state index is 5.55. The van der Waals surface area contributed by atoms with Crippen LogP contribution in [0.5, 0.6) is 0 Å². The van der Waals surface area contributed by atoms with Gasteiger partial charge in [0.05, 0.1) is 38.7 Å². The highest BCUT2D eigenvalue weighted by atomic mass is 32.1. The first-order valence-corrected chi connectivity index (χ1v) is 11.0. The lowest BCUT2D eigenvalue weighted by atomic mass is 10.2. The minimum atomic E-state index is 0.267. The lowest BCUT2D eigenvalue weighted by Crippen LogP contribution is -2.42. The van der Waals surface area contributed by atoms with Crippen LogP contribution in [0.1, 0.15) is 21.6 Å². The van der Waals surface area contributed by atoms with Crippen molar-refractivity contribution in [2.24, 2.45) is 4.99 Å². The van der Waals surface area contributed by atoms with Gasteiger partial charge in [-0.1, -0.05) is 0 Å². The van der Waals surface area contributed by atoms with Crippen LogP contribution in [0, 0.1) is 6.92 Å². The summed E-state index contributed by atoms with van der Waals surface area (Å²) in [6.45, 7) is 8.40. The Labute approximate surface area is 177 Å². The van der Waals surface area contributed by atoms with E-state index in [1.807, 2.05) is 23.5 Å². The number of hydrogen-bond donors (Lipinski definition) is 2. The number of guanidine groups is 1. The second-order valence-electron chi connectivity index (χ2n) is 6.98. The van der Waals surface area contributed by atoms with E-state index in [1.54, 1.807) is 13.4 Å². The Balaban J connectivity index is 1.64. The normalized spacial score (nSPS) is 16.7. The third kappa shape index (κ3) is 7.15. The maximum Gasteiger partial charge on any atom is 0.191 e. The Bertz CT molecular complexity index is 726. The van der Waals surface area contributed by atoms with Crippen molar-refractivity contribution < 1.29 is 13.9 Å². The van der Waals surface area contributed by atoms with E-state index in [2.05, 4.69) is 34.6 Å². The number of rotatable bonds is 10. The molecule has 7 nitrogen and oxygen atoms in total. The van der Waals surface area contributed by atoms with Crippen molar-refractivity contribution in [2.45, 2.75) is 19.4 Å². The molecule has 1 fully saturated rings. The summed E-state index contributed by atoms with van der Waals surface area (Å²) < 4.78 is 16.1. The quantitative estimate of drug-likeness (QED) is 0.350. The zero-order valence-electron chi connectivity index (χ0n) is 17.4. The standard InChI is InChI=1S/C21H32N4O3S/c1-17-5-6-20(29-17)19(25-10-14-27-15-11-25)16-24-21(23-9-13-26-2)22-8-7-18-4-3-12-28-18/h3-6,12,19H,7-11,13-16H2,1-2H3,(H2,22,23,24). The molecule has 0 bridgehead atoms. The highest BCUT2D eigenvalue weighted by molar-refractivity contribution is 7.12. The summed E-state index contributed by atoms with van der Waals surface area (Å²) in [5, 5.41) is 6.77. The molecule has 160 valence electrons. The summed E-state index contributed by atoms with van der Waals surface area (Å²) in [4.78, 5) is 10.1. The van der Waals surface area contributed by atoms with Gasteiger partial charge in [0.25, 0.3) is 0 Å². The van der Waals surface area contributed by atoms with Crippen molar-refractivity contribution in [1.29, 1.82) is 0 Å². The number of ether oxygens (including phenoxy) is 2. The van der Waals surface area contributed by atoms with Crippen LogP contribution in [0.4, 0.5) is 0 Å². The highest BCUT2D eigenvalue weighted by Gasteiger charge is 2.23. The zero-order valence-corrected chi connectivity index (χ0v) is 18.2. The molecule has 29 heavy (non-hydrogen) atoms. The monoisotopic (exact) mass is 420 g/mol. The van der Waals surface area contributed by atoms with Gasteiger partial charge in [-0.3, -0.25) is 9.89 Å².